The molecule has 200 valence electrons. The number of anilines is 1. The number of ether oxygens (including phenoxy) is 2. The number of hydrogen-bond acceptors (Lipinski definition) is 5. The van der Waals surface area contributed by atoms with Crippen LogP contribution >= 0.6 is 0 Å². The van der Waals surface area contributed by atoms with E-state index in [4.69, 9.17) is 15.2 Å². The summed E-state index contributed by atoms with van der Waals surface area (Å²) in [7, 11) is 0. The van der Waals surface area contributed by atoms with Gasteiger partial charge < -0.3 is 30.3 Å². The lowest BCUT2D eigenvalue weighted by molar-refractivity contribution is -0.145. The van der Waals surface area contributed by atoms with Gasteiger partial charge in [0.15, 0.2) is 0 Å². The normalized spacial score (nSPS) is 40.1. The van der Waals surface area contributed by atoms with E-state index in [-0.39, 0.29) is 41.6 Å². The SMILES string of the molecule is NC(=O)C12CC3CC(C1)C(NC(=O)N1C4CCC1CC(Oc1ccc(N5CCOCC5)cc1)C4)C(C3)C2. The largest absolute Gasteiger partial charge is 0.490 e. The summed E-state index contributed by atoms with van der Waals surface area (Å²) in [6.45, 7) is 3.42. The number of piperidine rings is 1. The first-order valence-corrected chi connectivity index (χ1v) is 14.5. The topological polar surface area (TPSA) is 97.1 Å². The number of urea groups is 1. The third-order valence-electron chi connectivity index (χ3n) is 10.5. The fourth-order valence-electron chi connectivity index (χ4n) is 9.08. The highest BCUT2D eigenvalue weighted by molar-refractivity contribution is 5.81. The molecule has 4 aliphatic carbocycles. The Balaban J connectivity index is 0.964. The number of fused-ring (bicyclic) bond motifs is 2. The van der Waals surface area contributed by atoms with Crippen LogP contribution in [0.5, 0.6) is 5.75 Å². The number of nitrogens with zero attached hydrogens (tertiary/aromatic N) is 2. The molecule has 3 saturated heterocycles. The second-order valence-corrected chi connectivity index (χ2v) is 12.7. The van der Waals surface area contributed by atoms with Gasteiger partial charge >= 0.3 is 6.03 Å². The summed E-state index contributed by atoms with van der Waals surface area (Å²) in [5, 5.41) is 3.47. The van der Waals surface area contributed by atoms with E-state index in [1.54, 1.807) is 0 Å². The fourth-order valence-corrected chi connectivity index (χ4v) is 9.08. The van der Waals surface area contributed by atoms with Crippen LogP contribution in [0.4, 0.5) is 10.5 Å². The molecule has 4 saturated carbocycles. The van der Waals surface area contributed by atoms with Crippen molar-refractivity contribution < 1.29 is 19.1 Å². The maximum Gasteiger partial charge on any atom is 0.318 e. The summed E-state index contributed by atoms with van der Waals surface area (Å²) >= 11 is 0. The van der Waals surface area contributed by atoms with Crippen LogP contribution in [0.25, 0.3) is 0 Å². The van der Waals surface area contributed by atoms with Crippen LogP contribution in [-0.4, -0.2) is 67.4 Å². The number of hydrogen-bond donors (Lipinski definition) is 2. The Labute approximate surface area is 219 Å². The Kier molecular flexibility index (Phi) is 5.79. The minimum absolute atomic E-state index is 0.103. The number of nitrogens with one attached hydrogen (secondary N) is 1. The Morgan fingerprint density at radius 1 is 0.946 bits per heavy atom. The standard InChI is InChI=1S/C29H40N4O4/c30-27(34)29-15-18-11-19(16-29)26(20(12-18)17-29)31-28(35)33-22-1-2-23(33)14-25(13-22)37-24-5-3-21(4-6-24)32-7-9-36-10-8-32/h3-6,18-20,22-23,25-26H,1-2,7-17H2,(H2,30,34)(H,31,35). The molecule has 3 N–H and O–H groups in total. The van der Waals surface area contributed by atoms with Gasteiger partial charge in [0.05, 0.1) is 13.2 Å². The zero-order chi connectivity index (χ0) is 25.1. The quantitative estimate of drug-likeness (QED) is 0.636. The first-order chi connectivity index (χ1) is 18.0. The molecule has 37 heavy (non-hydrogen) atoms. The second-order valence-electron chi connectivity index (χ2n) is 12.7. The van der Waals surface area contributed by atoms with Crippen molar-refractivity contribution in [3.05, 3.63) is 24.3 Å². The Morgan fingerprint density at radius 2 is 1.59 bits per heavy atom. The highest BCUT2D eigenvalue weighted by Crippen LogP contribution is 2.60. The molecule has 7 aliphatic rings. The number of carbonyl (C=O) groups is 2. The lowest BCUT2D eigenvalue weighted by Crippen LogP contribution is -2.64. The maximum absolute atomic E-state index is 13.6. The van der Waals surface area contributed by atoms with Crippen molar-refractivity contribution in [3.63, 3.8) is 0 Å². The van der Waals surface area contributed by atoms with Crippen LogP contribution in [0.1, 0.15) is 57.8 Å². The van der Waals surface area contributed by atoms with E-state index in [2.05, 4.69) is 39.4 Å². The van der Waals surface area contributed by atoms with Crippen LogP contribution in [0.15, 0.2) is 24.3 Å². The monoisotopic (exact) mass is 508 g/mol. The van der Waals surface area contributed by atoms with Crippen molar-refractivity contribution in [1.82, 2.24) is 10.2 Å². The number of amides is 3. The van der Waals surface area contributed by atoms with E-state index in [0.29, 0.717) is 17.8 Å². The summed E-state index contributed by atoms with van der Waals surface area (Å²) in [6.07, 6.45) is 8.96. The molecule has 3 heterocycles. The molecule has 1 aromatic rings. The molecule has 4 atom stereocenters. The average molecular weight is 509 g/mol. The summed E-state index contributed by atoms with van der Waals surface area (Å²) in [5.74, 6) is 2.18. The maximum atomic E-state index is 13.6. The summed E-state index contributed by atoms with van der Waals surface area (Å²) in [6, 6.07) is 9.22. The molecule has 7 fully saturated rings. The number of morpholine rings is 1. The summed E-state index contributed by atoms with van der Waals surface area (Å²) in [4.78, 5) is 30.4. The van der Waals surface area contributed by atoms with E-state index in [1.165, 1.54) is 5.69 Å². The summed E-state index contributed by atoms with van der Waals surface area (Å²) in [5.41, 5.74) is 6.76. The molecular formula is C29H40N4O4. The lowest BCUT2D eigenvalue weighted by atomic mass is 9.47. The molecule has 3 amide bonds. The van der Waals surface area contributed by atoms with E-state index >= 15 is 0 Å². The molecule has 1 aromatic carbocycles. The van der Waals surface area contributed by atoms with Crippen molar-refractivity contribution in [2.24, 2.45) is 28.9 Å². The molecular weight excluding hydrogens is 468 g/mol. The zero-order valence-corrected chi connectivity index (χ0v) is 21.6. The Morgan fingerprint density at radius 3 is 2.22 bits per heavy atom. The van der Waals surface area contributed by atoms with Gasteiger partial charge in [0.25, 0.3) is 0 Å². The third kappa shape index (κ3) is 4.16. The van der Waals surface area contributed by atoms with Crippen molar-refractivity contribution in [2.45, 2.75) is 82.0 Å². The van der Waals surface area contributed by atoms with E-state index in [0.717, 1.165) is 89.8 Å². The van der Waals surface area contributed by atoms with Crippen molar-refractivity contribution in [1.29, 1.82) is 0 Å². The van der Waals surface area contributed by atoms with Crippen LogP contribution < -0.4 is 20.7 Å². The minimum Gasteiger partial charge on any atom is -0.490 e. The Bertz CT molecular complexity index is 1010. The van der Waals surface area contributed by atoms with Crippen LogP contribution in [0.3, 0.4) is 0 Å². The van der Waals surface area contributed by atoms with E-state index in [1.807, 2.05) is 0 Å². The highest BCUT2D eigenvalue weighted by atomic mass is 16.5. The number of rotatable bonds is 5. The molecule has 8 rings (SSSR count). The van der Waals surface area contributed by atoms with Gasteiger partial charge in [-0.3, -0.25) is 4.79 Å². The molecule has 8 heteroatoms. The molecule has 4 unspecified atom stereocenters. The van der Waals surface area contributed by atoms with Gasteiger partial charge in [0.2, 0.25) is 5.91 Å². The number of carbonyl (C=O) groups excluding carboxylic acids is 2. The third-order valence-corrected chi connectivity index (χ3v) is 10.5. The second kappa shape index (κ2) is 9.07. The molecule has 3 aliphatic heterocycles. The van der Waals surface area contributed by atoms with E-state index < -0.39 is 0 Å². The molecule has 0 spiro atoms. The minimum atomic E-state index is -0.313. The number of primary amides is 1. The Hall–Kier alpha value is -2.48. The van der Waals surface area contributed by atoms with Gasteiger partial charge in [-0.2, -0.15) is 0 Å². The zero-order valence-electron chi connectivity index (χ0n) is 21.6. The van der Waals surface area contributed by atoms with E-state index in [9.17, 15) is 9.59 Å². The molecule has 0 aromatic heterocycles. The summed E-state index contributed by atoms with van der Waals surface area (Å²) < 4.78 is 11.9. The average Bonchev–Trinajstić information content (AvgIpc) is 3.17. The van der Waals surface area contributed by atoms with Gasteiger partial charge in [0.1, 0.15) is 11.9 Å². The van der Waals surface area contributed by atoms with Crippen LogP contribution in [-0.2, 0) is 9.53 Å². The number of benzene rings is 1. The van der Waals surface area contributed by atoms with Crippen LogP contribution in [0, 0.1) is 23.2 Å². The molecule has 0 radical (unpaired) electrons. The van der Waals surface area contributed by atoms with Gasteiger partial charge in [-0.25, -0.2) is 4.79 Å². The number of nitrogens with two attached hydrogens (primary N) is 1. The van der Waals surface area contributed by atoms with Gasteiger partial charge in [-0.1, -0.05) is 0 Å². The lowest BCUT2D eigenvalue weighted by Gasteiger charge is -2.59. The van der Waals surface area contributed by atoms with Gasteiger partial charge in [-0.15, -0.1) is 0 Å². The van der Waals surface area contributed by atoms with Crippen molar-refractivity contribution >= 4 is 17.6 Å². The van der Waals surface area contributed by atoms with Crippen molar-refractivity contribution in [3.8, 4) is 5.75 Å². The predicted molar refractivity (Wildman–Crippen MR) is 139 cm³/mol. The van der Waals surface area contributed by atoms with Gasteiger partial charge in [-0.05, 0) is 87.0 Å². The van der Waals surface area contributed by atoms with Gasteiger partial charge in [0, 0.05) is 55.2 Å². The first kappa shape index (κ1) is 23.6. The first-order valence-electron chi connectivity index (χ1n) is 14.5. The van der Waals surface area contributed by atoms with Crippen LogP contribution in [0.2, 0.25) is 0 Å². The molecule has 6 bridgehead atoms. The predicted octanol–water partition coefficient (Wildman–Crippen LogP) is 3.29. The molecule has 8 nitrogen and oxygen atoms in total. The fraction of sp³-hybridized carbons (Fsp3) is 0.724. The van der Waals surface area contributed by atoms with Crippen molar-refractivity contribution in [2.75, 3.05) is 31.2 Å². The smallest absolute Gasteiger partial charge is 0.318 e. The highest BCUT2D eigenvalue weighted by Gasteiger charge is 2.58.